The molecule has 0 spiro atoms. The minimum atomic E-state index is 0.0886. The molecule has 6 nitrogen and oxygen atoms in total. The zero-order valence-corrected chi connectivity index (χ0v) is 15.5. The lowest BCUT2D eigenvalue weighted by atomic mass is 9.96. The van der Waals surface area contributed by atoms with Crippen molar-refractivity contribution in [2.75, 3.05) is 44.7 Å². The first-order chi connectivity index (χ1) is 12.3. The Bertz CT molecular complexity index is 748. The van der Waals surface area contributed by atoms with Gasteiger partial charge in [-0.05, 0) is 50.2 Å². The van der Waals surface area contributed by atoms with Gasteiger partial charge in [0.05, 0.1) is 11.3 Å². The van der Waals surface area contributed by atoms with Crippen molar-refractivity contribution in [1.29, 1.82) is 0 Å². The van der Waals surface area contributed by atoms with Gasteiger partial charge in [0.1, 0.15) is 17.0 Å². The smallest absolute Gasteiger partial charge is 0.227 e. The van der Waals surface area contributed by atoms with Crippen molar-refractivity contribution in [3.05, 3.63) is 17.8 Å². The summed E-state index contributed by atoms with van der Waals surface area (Å²) in [5.74, 6) is 2.00. The molecule has 134 valence electrons. The first kappa shape index (κ1) is 16.7. The average molecular weight is 359 g/mol. The van der Waals surface area contributed by atoms with Gasteiger partial charge in [-0.2, -0.15) is 0 Å². The fourth-order valence-electron chi connectivity index (χ4n) is 4.15. The van der Waals surface area contributed by atoms with E-state index in [1.165, 1.54) is 0 Å². The molecule has 0 aromatic carbocycles. The number of likely N-dealkylation sites (tertiary alicyclic amines) is 1. The maximum Gasteiger partial charge on any atom is 0.227 e. The monoisotopic (exact) mass is 359 g/mol. The molecule has 2 fully saturated rings. The lowest BCUT2D eigenvalue weighted by Gasteiger charge is -2.35. The zero-order valence-electron chi connectivity index (χ0n) is 14.6. The zero-order chi connectivity index (χ0) is 17.2. The summed E-state index contributed by atoms with van der Waals surface area (Å²) in [5, 5.41) is 6.40. The van der Waals surface area contributed by atoms with Crippen molar-refractivity contribution >= 4 is 33.3 Å². The minimum Gasteiger partial charge on any atom is -0.355 e. The van der Waals surface area contributed by atoms with Gasteiger partial charge in [-0.15, -0.1) is 11.3 Å². The maximum atomic E-state index is 13.0. The van der Waals surface area contributed by atoms with E-state index in [-0.39, 0.29) is 5.92 Å². The molecule has 0 saturated carbocycles. The second kappa shape index (κ2) is 7.25. The molecular weight excluding hydrogens is 334 g/mol. The lowest BCUT2D eigenvalue weighted by molar-refractivity contribution is -0.134. The number of amides is 1. The second-order valence-electron chi connectivity index (χ2n) is 7.12. The Morgan fingerprint density at radius 3 is 3.12 bits per heavy atom. The first-order valence-electron chi connectivity index (χ1n) is 9.13. The number of thiophene rings is 1. The predicted molar refractivity (Wildman–Crippen MR) is 101 cm³/mol. The van der Waals surface area contributed by atoms with Crippen LogP contribution in [0.25, 0.3) is 10.2 Å². The molecular formula is C18H25N5OS. The molecule has 2 atom stereocenters. The summed E-state index contributed by atoms with van der Waals surface area (Å²) in [4.78, 5) is 27.2. The van der Waals surface area contributed by atoms with Crippen LogP contribution in [0.3, 0.4) is 0 Å². The Labute approximate surface area is 152 Å². The van der Waals surface area contributed by atoms with E-state index in [2.05, 4.69) is 36.5 Å². The SMILES string of the molecule is CNCC1CCN(C(=O)C2CCCN(c3ncnc4sccc34)C2)C1. The Morgan fingerprint density at radius 2 is 2.24 bits per heavy atom. The van der Waals surface area contributed by atoms with Crippen molar-refractivity contribution in [2.45, 2.75) is 19.3 Å². The molecule has 0 radical (unpaired) electrons. The molecule has 2 aliphatic rings. The molecule has 2 aliphatic heterocycles. The van der Waals surface area contributed by atoms with Crippen molar-refractivity contribution < 1.29 is 4.79 Å². The van der Waals surface area contributed by atoms with E-state index in [0.29, 0.717) is 11.8 Å². The van der Waals surface area contributed by atoms with Gasteiger partial charge in [-0.3, -0.25) is 4.79 Å². The summed E-state index contributed by atoms with van der Waals surface area (Å²) in [6, 6.07) is 2.09. The molecule has 2 aromatic rings. The van der Waals surface area contributed by atoms with E-state index in [4.69, 9.17) is 0 Å². The van der Waals surface area contributed by atoms with Crippen LogP contribution >= 0.6 is 11.3 Å². The summed E-state index contributed by atoms with van der Waals surface area (Å²) in [7, 11) is 1.98. The highest BCUT2D eigenvalue weighted by atomic mass is 32.1. The van der Waals surface area contributed by atoms with Crippen LogP contribution in [-0.4, -0.2) is 60.5 Å². The minimum absolute atomic E-state index is 0.0886. The standard InChI is InChI=1S/C18H25N5OS/c1-19-9-13-4-7-23(10-13)18(24)14-3-2-6-22(11-14)16-15-5-8-25-17(15)21-12-20-16/h5,8,12-14,19H,2-4,6-7,9-11H2,1H3. The summed E-state index contributed by atoms with van der Waals surface area (Å²) in [6.07, 6.45) is 4.78. The number of anilines is 1. The van der Waals surface area contributed by atoms with E-state index in [1.54, 1.807) is 17.7 Å². The van der Waals surface area contributed by atoms with Gasteiger partial charge >= 0.3 is 0 Å². The van der Waals surface area contributed by atoms with E-state index >= 15 is 0 Å². The van der Waals surface area contributed by atoms with Crippen LogP contribution in [0.1, 0.15) is 19.3 Å². The Kier molecular flexibility index (Phi) is 4.85. The fourth-order valence-corrected chi connectivity index (χ4v) is 4.87. The molecule has 1 N–H and O–H groups in total. The molecule has 1 amide bonds. The normalized spacial score (nSPS) is 24.2. The molecule has 4 rings (SSSR count). The summed E-state index contributed by atoms with van der Waals surface area (Å²) in [6.45, 7) is 4.54. The van der Waals surface area contributed by atoms with E-state index in [1.807, 2.05) is 7.05 Å². The van der Waals surface area contributed by atoms with Gasteiger partial charge in [-0.25, -0.2) is 9.97 Å². The van der Waals surface area contributed by atoms with Crippen molar-refractivity contribution in [2.24, 2.45) is 11.8 Å². The summed E-state index contributed by atoms with van der Waals surface area (Å²) >= 11 is 1.64. The third-order valence-electron chi connectivity index (χ3n) is 5.40. The third kappa shape index (κ3) is 3.35. The van der Waals surface area contributed by atoms with Crippen LogP contribution in [0.15, 0.2) is 17.8 Å². The number of hydrogen-bond donors (Lipinski definition) is 1. The van der Waals surface area contributed by atoms with Gasteiger partial charge in [0.25, 0.3) is 0 Å². The molecule has 2 aromatic heterocycles. The summed E-state index contributed by atoms with van der Waals surface area (Å²) in [5.41, 5.74) is 0. The van der Waals surface area contributed by atoms with Gasteiger partial charge < -0.3 is 15.1 Å². The number of fused-ring (bicyclic) bond motifs is 1. The van der Waals surface area contributed by atoms with E-state index in [0.717, 1.165) is 68.0 Å². The Balaban J connectivity index is 1.46. The number of hydrogen-bond acceptors (Lipinski definition) is 6. The highest BCUT2D eigenvalue weighted by Gasteiger charge is 2.33. The largest absolute Gasteiger partial charge is 0.355 e. The fraction of sp³-hybridized carbons (Fsp3) is 0.611. The van der Waals surface area contributed by atoms with Gasteiger partial charge in [0, 0.05) is 26.2 Å². The number of piperidine rings is 1. The Morgan fingerprint density at radius 1 is 1.32 bits per heavy atom. The third-order valence-corrected chi connectivity index (χ3v) is 6.22. The maximum absolute atomic E-state index is 13.0. The molecule has 4 heterocycles. The van der Waals surface area contributed by atoms with E-state index in [9.17, 15) is 4.79 Å². The molecule has 25 heavy (non-hydrogen) atoms. The average Bonchev–Trinajstić information content (AvgIpc) is 3.30. The quantitative estimate of drug-likeness (QED) is 0.904. The van der Waals surface area contributed by atoms with Gasteiger partial charge in [0.15, 0.2) is 0 Å². The second-order valence-corrected chi connectivity index (χ2v) is 8.01. The number of carbonyl (C=O) groups excluding carboxylic acids is 1. The highest BCUT2D eigenvalue weighted by Crippen LogP contribution is 2.31. The predicted octanol–water partition coefficient (Wildman–Crippen LogP) is 1.98. The number of nitrogens with one attached hydrogen (secondary N) is 1. The van der Waals surface area contributed by atoms with Crippen LogP contribution in [-0.2, 0) is 4.79 Å². The van der Waals surface area contributed by atoms with Crippen molar-refractivity contribution in [3.63, 3.8) is 0 Å². The van der Waals surface area contributed by atoms with E-state index < -0.39 is 0 Å². The summed E-state index contributed by atoms with van der Waals surface area (Å²) < 4.78 is 0. The molecule has 2 saturated heterocycles. The highest BCUT2D eigenvalue weighted by molar-refractivity contribution is 7.16. The topological polar surface area (TPSA) is 61.4 Å². The molecule has 7 heteroatoms. The molecule has 0 aliphatic carbocycles. The number of aromatic nitrogens is 2. The van der Waals surface area contributed by atoms with Crippen LogP contribution in [0.5, 0.6) is 0 Å². The lowest BCUT2D eigenvalue weighted by Crippen LogP contribution is -2.44. The number of rotatable bonds is 4. The van der Waals surface area contributed by atoms with Crippen LogP contribution in [0, 0.1) is 11.8 Å². The molecule has 2 unspecified atom stereocenters. The van der Waals surface area contributed by atoms with Crippen LogP contribution in [0.4, 0.5) is 5.82 Å². The number of carbonyl (C=O) groups is 1. The molecule has 0 bridgehead atoms. The van der Waals surface area contributed by atoms with Crippen LogP contribution < -0.4 is 10.2 Å². The van der Waals surface area contributed by atoms with Gasteiger partial charge in [0.2, 0.25) is 5.91 Å². The van der Waals surface area contributed by atoms with Crippen molar-refractivity contribution in [1.82, 2.24) is 20.2 Å². The number of nitrogens with zero attached hydrogens (tertiary/aromatic N) is 4. The van der Waals surface area contributed by atoms with Crippen molar-refractivity contribution in [3.8, 4) is 0 Å². The first-order valence-corrected chi connectivity index (χ1v) is 10.0. The van der Waals surface area contributed by atoms with Crippen LogP contribution in [0.2, 0.25) is 0 Å². The van der Waals surface area contributed by atoms with Gasteiger partial charge in [-0.1, -0.05) is 0 Å². The Hall–Kier alpha value is -1.73.